The molecule has 0 aliphatic heterocycles. The number of pyridine rings is 1. The molecule has 0 spiro atoms. The summed E-state index contributed by atoms with van der Waals surface area (Å²) in [6.07, 6.45) is 5.15. The molecule has 2 aromatic rings. The van der Waals surface area contributed by atoms with Crippen LogP contribution in [0.2, 0.25) is 0 Å². The molecule has 0 aliphatic carbocycles. The smallest absolute Gasteiger partial charge is 0.157 e. The van der Waals surface area contributed by atoms with Crippen molar-refractivity contribution < 1.29 is 0 Å². The molecular weight excluding hydrogens is 152 g/mol. The van der Waals surface area contributed by atoms with Crippen molar-refractivity contribution >= 4 is 0 Å². The average Bonchev–Trinajstić information content (AvgIpc) is 2.57. The molecule has 0 amide bonds. The predicted molar refractivity (Wildman–Crippen MR) is 43.9 cm³/mol. The van der Waals surface area contributed by atoms with Crippen molar-refractivity contribution in [2.24, 2.45) is 0 Å². The highest BCUT2D eigenvalue weighted by molar-refractivity contribution is 5.30. The Bertz CT molecular complexity index is 366. The monoisotopic (exact) mass is 160 g/mol. The van der Waals surface area contributed by atoms with Crippen LogP contribution < -0.4 is 0 Å². The number of nitrogens with zero attached hydrogens (tertiary/aromatic N) is 4. The lowest BCUT2D eigenvalue weighted by Gasteiger charge is -2.00. The van der Waals surface area contributed by atoms with E-state index in [0.717, 1.165) is 11.4 Å². The highest BCUT2D eigenvalue weighted by atomic mass is 15.4. The highest BCUT2D eigenvalue weighted by Crippen LogP contribution is 2.06. The maximum absolute atomic E-state index is 4.18. The largest absolute Gasteiger partial charge is 0.237 e. The van der Waals surface area contributed by atoms with Gasteiger partial charge in [-0.25, -0.2) is 9.67 Å². The summed E-state index contributed by atoms with van der Waals surface area (Å²) < 4.78 is 1.65. The molecule has 2 aromatic heterocycles. The van der Waals surface area contributed by atoms with Crippen molar-refractivity contribution in [3.63, 3.8) is 0 Å². The van der Waals surface area contributed by atoms with Crippen LogP contribution in [0.15, 0.2) is 30.7 Å². The molecule has 0 fully saturated rings. The Hall–Kier alpha value is -1.71. The second kappa shape index (κ2) is 2.73. The first-order valence-electron chi connectivity index (χ1n) is 3.66. The summed E-state index contributed by atoms with van der Waals surface area (Å²) in [7, 11) is 0. The van der Waals surface area contributed by atoms with Crippen LogP contribution in [0.25, 0.3) is 5.82 Å². The van der Waals surface area contributed by atoms with Gasteiger partial charge < -0.3 is 0 Å². The minimum atomic E-state index is 0.829. The first-order valence-corrected chi connectivity index (χ1v) is 3.66. The summed E-state index contributed by atoms with van der Waals surface area (Å²) >= 11 is 0. The lowest BCUT2D eigenvalue weighted by atomic mass is 10.3. The normalized spacial score (nSPS) is 10.1. The Labute approximate surface area is 69.9 Å². The molecule has 0 aromatic carbocycles. The summed E-state index contributed by atoms with van der Waals surface area (Å²) in [5.74, 6) is 0.829. The van der Waals surface area contributed by atoms with Crippen molar-refractivity contribution in [1.29, 1.82) is 0 Å². The zero-order valence-electron chi connectivity index (χ0n) is 6.68. The van der Waals surface area contributed by atoms with Crippen LogP contribution in [-0.2, 0) is 0 Å². The molecule has 4 nitrogen and oxygen atoms in total. The summed E-state index contributed by atoms with van der Waals surface area (Å²) in [5.41, 5.74) is 1.09. The van der Waals surface area contributed by atoms with Crippen LogP contribution in [0, 0.1) is 6.92 Å². The van der Waals surface area contributed by atoms with E-state index in [1.54, 1.807) is 23.3 Å². The molecule has 2 heterocycles. The van der Waals surface area contributed by atoms with Crippen molar-refractivity contribution in [1.82, 2.24) is 20.0 Å². The molecule has 0 N–H and O–H groups in total. The van der Waals surface area contributed by atoms with Crippen molar-refractivity contribution in [3.05, 3.63) is 36.3 Å². The Kier molecular flexibility index (Phi) is 1.59. The summed E-state index contributed by atoms with van der Waals surface area (Å²) in [4.78, 5) is 4.18. The molecule has 0 aliphatic rings. The number of hydrogen-bond donors (Lipinski definition) is 0. The van der Waals surface area contributed by atoms with Gasteiger partial charge in [0.2, 0.25) is 0 Å². The van der Waals surface area contributed by atoms with E-state index in [0.29, 0.717) is 0 Å². The molecule has 0 bridgehead atoms. The highest BCUT2D eigenvalue weighted by Gasteiger charge is 1.99. The number of aryl methyl sites for hydroxylation is 1. The van der Waals surface area contributed by atoms with E-state index in [9.17, 15) is 0 Å². The Morgan fingerprint density at radius 2 is 2.25 bits per heavy atom. The van der Waals surface area contributed by atoms with Crippen LogP contribution in [0.5, 0.6) is 0 Å². The fraction of sp³-hybridized carbons (Fsp3) is 0.125. The minimum Gasteiger partial charge on any atom is -0.237 e. The van der Waals surface area contributed by atoms with Gasteiger partial charge in [-0.3, -0.25) is 0 Å². The van der Waals surface area contributed by atoms with Crippen molar-refractivity contribution in [2.75, 3.05) is 0 Å². The van der Waals surface area contributed by atoms with Gasteiger partial charge in [0.25, 0.3) is 0 Å². The molecule has 60 valence electrons. The lowest BCUT2D eigenvalue weighted by molar-refractivity contribution is 0.775. The summed E-state index contributed by atoms with van der Waals surface area (Å²) in [6.45, 7) is 1.99. The van der Waals surface area contributed by atoms with E-state index in [4.69, 9.17) is 0 Å². The standard InChI is InChI=1S/C8H8N4/c1-7-3-2-4-9-8(7)12-6-5-10-11-12/h2-6H,1H3. The number of hydrogen-bond acceptors (Lipinski definition) is 3. The number of rotatable bonds is 1. The molecule has 2 rings (SSSR count). The molecule has 0 atom stereocenters. The van der Waals surface area contributed by atoms with Gasteiger partial charge in [-0.1, -0.05) is 11.3 Å². The predicted octanol–water partition coefficient (Wildman–Crippen LogP) is 0.971. The van der Waals surface area contributed by atoms with E-state index in [1.165, 1.54) is 0 Å². The lowest BCUT2D eigenvalue weighted by Crippen LogP contribution is -2.00. The van der Waals surface area contributed by atoms with Crippen molar-refractivity contribution in [2.45, 2.75) is 6.92 Å². The third-order valence-corrected chi connectivity index (χ3v) is 1.62. The second-order valence-electron chi connectivity index (χ2n) is 2.49. The second-order valence-corrected chi connectivity index (χ2v) is 2.49. The van der Waals surface area contributed by atoms with E-state index < -0.39 is 0 Å². The molecule has 0 saturated heterocycles. The molecule has 0 saturated carbocycles. The Morgan fingerprint density at radius 1 is 1.33 bits per heavy atom. The third kappa shape index (κ3) is 1.07. The van der Waals surface area contributed by atoms with Crippen LogP contribution in [0.4, 0.5) is 0 Å². The molecular formula is C8H8N4. The van der Waals surface area contributed by atoms with Crippen LogP contribution in [-0.4, -0.2) is 20.0 Å². The van der Waals surface area contributed by atoms with Crippen molar-refractivity contribution in [3.8, 4) is 5.82 Å². The van der Waals surface area contributed by atoms with Gasteiger partial charge in [0.05, 0.1) is 12.4 Å². The van der Waals surface area contributed by atoms with E-state index in [1.807, 2.05) is 19.1 Å². The molecule has 0 radical (unpaired) electrons. The fourth-order valence-electron chi connectivity index (χ4n) is 1.04. The SMILES string of the molecule is Cc1cccnc1-n1ccnn1. The van der Waals surface area contributed by atoms with Gasteiger partial charge in [-0.2, -0.15) is 0 Å². The Morgan fingerprint density at radius 3 is 2.92 bits per heavy atom. The maximum Gasteiger partial charge on any atom is 0.157 e. The quantitative estimate of drug-likeness (QED) is 0.624. The zero-order chi connectivity index (χ0) is 8.39. The van der Waals surface area contributed by atoms with E-state index in [-0.39, 0.29) is 0 Å². The molecule has 4 heteroatoms. The van der Waals surface area contributed by atoms with Gasteiger partial charge in [0.1, 0.15) is 0 Å². The fourth-order valence-corrected chi connectivity index (χ4v) is 1.04. The van der Waals surface area contributed by atoms with Gasteiger partial charge in [0.15, 0.2) is 5.82 Å². The van der Waals surface area contributed by atoms with Gasteiger partial charge in [0, 0.05) is 6.20 Å². The number of aromatic nitrogens is 4. The van der Waals surface area contributed by atoms with Gasteiger partial charge in [-0.05, 0) is 18.6 Å². The van der Waals surface area contributed by atoms with Crippen LogP contribution in [0.1, 0.15) is 5.56 Å². The van der Waals surface area contributed by atoms with E-state index in [2.05, 4.69) is 15.3 Å². The topological polar surface area (TPSA) is 43.6 Å². The van der Waals surface area contributed by atoms with E-state index >= 15 is 0 Å². The molecule has 0 unspecified atom stereocenters. The zero-order valence-corrected chi connectivity index (χ0v) is 6.68. The summed E-state index contributed by atoms with van der Waals surface area (Å²) in [5, 5.41) is 7.56. The summed E-state index contributed by atoms with van der Waals surface area (Å²) in [6, 6.07) is 3.89. The first-order chi connectivity index (χ1) is 5.88. The average molecular weight is 160 g/mol. The first kappa shape index (κ1) is 6.97. The van der Waals surface area contributed by atoms with Crippen LogP contribution >= 0.6 is 0 Å². The minimum absolute atomic E-state index is 0.829. The van der Waals surface area contributed by atoms with Gasteiger partial charge in [-0.15, -0.1) is 5.10 Å². The van der Waals surface area contributed by atoms with Crippen LogP contribution in [0.3, 0.4) is 0 Å². The van der Waals surface area contributed by atoms with Gasteiger partial charge >= 0.3 is 0 Å². The third-order valence-electron chi connectivity index (χ3n) is 1.62. The maximum atomic E-state index is 4.18. The Balaban J connectivity index is 2.55. The molecule has 12 heavy (non-hydrogen) atoms.